The molecule has 1 amide bonds. The summed E-state index contributed by atoms with van der Waals surface area (Å²) in [7, 11) is -0.859. The van der Waals surface area contributed by atoms with E-state index < -0.39 is 22.0 Å². The van der Waals surface area contributed by atoms with Gasteiger partial charge in [0.1, 0.15) is 22.1 Å². The van der Waals surface area contributed by atoms with E-state index in [4.69, 9.17) is 18.9 Å². The summed E-state index contributed by atoms with van der Waals surface area (Å²) in [6.07, 6.45) is -0.360. The average molecular weight is 465 g/mol. The summed E-state index contributed by atoms with van der Waals surface area (Å²) in [5.41, 5.74) is 0.329. The maximum Gasteiger partial charge on any atom is 0.265 e. The SMILES string of the molecule is CC[C@H](Oc1cccc(OC)c1)C(=O)Nc1ccc(OC)c(S(=O)(=O)N2CCOCC2)c1. The quantitative estimate of drug-likeness (QED) is 0.608. The van der Waals surface area contributed by atoms with E-state index in [-0.39, 0.29) is 23.7 Å². The van der Waals surface area contributed by atoms with E-state index in [2.05, 4.69) is 5.32 Å². The van der Waals surface area contributed by atoms with Crippen LogP contribution in [0.4, 0.5) is 5.69 Å². The zero-order chi connectivity index (χ0) is 23.1. The number of nitrogens with zero attached hydrogens (tertiary/aromatic N) is 1. The molecule has 0 aromatic heterocycles. The number of sulfonamides is 1. The number of rotatable bonds is 9. The molecule has 0 aliphatic carbocycles. The number of amides is 1. The third kappa shape index (κ3) is 5.50. The van der Waals surface area contributed by atoms with Crippen LogP contribution in [0.15, 0.2) is 47.4 Å². The molecule has 0 bridgehead atoms. The Kier molecular flexibility index (Phi) is 7.94. The number of ether oxygens (including phenoxy) is 4. The van der Waals surface area contributed by atoms with Crippen molar-refractivity contribution < 1.29 is 32.2 Å². The average Bonchev–Trinajstić information content (AvgIpc) is 2.83. The Labute approximate surface area is 188 Å². The van der Waals surface area contributed by atoms with Gasteiger partial charge in [-0.25, -0.2) is 8.42 Å². The number of hydrogen-bond donors (Lipinski definition) is 1. The topological polar surface area (TPSA) is 103 Å². The van der Waals surface area contributed by atoms with E-state index in [0.29, 0.717) is 36.8 Å². The lowest BCUT2D eigenvalue weighted by Gasteiger charge is -2.27. The van der Waals surface area contributed by atoms with Gasteiger partial charge >= 0.3 is 0 Å². The van der Waals surface area contributed by atoms with E-state index in [1.54, 1.807) is 37.4 Å². The van der Waals surface area contributed by atoms with Crippen molar-refractivity contribution in [2.75, 3.05) is 45.8 Å². The van der Waals surface area contributed by atoms with Gasteiger partial charge in [-0.3, -0.25) is 4.79 Å². The maximum atomic E-state index is 13.1. The Morgan fingerprint density at radius 2 is 1.81 bits per heavy atom. The molecule has 2 aromatic rings. The number of carbonyl (C=O) groups excluding carboxylic acids is 1. The monoisotopic (exact) mass is 464 g/mol. The predicted octanol–water partition coefficient (Wildman–Crippen LogP) is 2.52. The smallest absolute Gasteiger partial charge is 0.265 e. The summed E-state index contributed by atoms with van der Waals surface area (Å²) in [5.74, 6) is 0.923. The molecule has 1 saturated heterocycles. The highest BCUT2D eigenvalue weighted by Gasteiger charge is 2.30. The third-order valence-corrected chi connectivity index (χ3v) is 6.92. The Morgan fingerprint density at radius 1 is 1.09 bits per heavy atom. The molecular formula is C22H28N2O7S. The maximum absolute atomic E-state index is 13.1. The van der Waals surface area contributed by atoms with Crippen molar-refractivity contribution in [1.29, 1.82) is 0 Å². The van der Waals surface area contributed by atoms with Gasteiger partial charge in [0.25, 0.3) is 5.91 Å². The van der Waals surface area contributed by atoms with Gasteiger partial charge in [-0.2, -0.15) is 4.31 Å². The van der Waals surface area contributed by atoms with Crippen molar-refractivity contribution in [3.8, 4) is 17.2 Å². The molecule has 0 radical (unpaired) electrons. The lowest BCUT2D eigenvalue weighted by atomic mass is 10.2. The van der Waals surface area contributed by atoms with E-state index >= 15 is 0 Å². The molecule has 32 heavy (non-hydrogen) atoms. The second kappa shape index (κ2) is 10.7. The first-order valence-electron chi connectivity index (χ1n) is 10.3. The number of anilines is 1. The summed E-state index contributed by atoms with van der Waals surface area (Å²) in [4.78, 5) is 12.8. The summed E-state index contributed by atoms with van der Waals surface area (Å²) in [6.45, 7) is 3.00. The Bertz CT molecular complexity index is 1040. The van der Waals surface area contributed by atoms with Crippen molar-refractivity contribution >= 4 is 21.6 Å². The fraction of sp³-hybridized carbons (Fsp3) is 0.409. The van der Waals surface area contributed by atoms with Crippen molar-refractivity contribution in [3.05, 3.63) is 42.5 Å². The molecule has 0 saturated carbocycles. The van der Waals surface area contributed by atoms with Crippen LogP contribution >= 0.6 is 0 Å². The number of methoxy groups -OCH3 is 2. The van der Waals surface area contributed by atoms with Crippen LogP contribution in [0.1, 0.15) is 13.3 Å². The number of carbonyl (C=O) groups is 1. The molecule has 174 valence electrons. The third-order valence-electron chi connectivity index (χ3n) is 5.00. The Balaban J connectivity index is 1.80. The lowest BCUT2D eigenvalue weighted by Crippen LogP contribution is -2.40. The predicted molar refractivity (Wildman–Crippen MR) is 119 cm³/mol. The van der Waals surface area contributed by atoms with Gasteiger partial charge in [0, 0.05) is 24.8 Å². The molecule has 0 spiro atoms. The van der Waals surface area contributed by atoms with Crippen LogP contribution in [0.2, 0.25) is 0 Å². The highest BCUT2D eigenvalue weighted by Crippen LogP contribution is 2.30. The molecule has 1 aliphatic rings. The second-order valence-electron chi connectivity index (χ2n) is 7.07. The normalized spacial score (nSPS) is 15.6. The van der Waals surface area contributed by atoms with Crippen molar-refractivity contribution in [3.63, 3.8) is 0 Å². The van der Waals surface area contributed by atoms with Gasteiger partial charge in [-0.15, -0.1) is 0 Å². The minimum Gasteiger partial charge on any atom is -0.497 e. The molecule has 9 nitrogen and oxygen atoms in total. The van der Waals surface area contributed by atoms with Gasteiger partial charge in [0.15, 0.2) is 6.10 Å². The standard InChI is InChI=1S/C22H28N2O7S/c1-4-19(31-18-7-5-6-17(15-18)28-2)22(25)23-16-8-9-20(29-3)21(14-16)32(26,27)24-10-12-30-13-11-24/h5-9,14-15,19H,4,10-13H2,1-3H3,(H,23,25)/t19-/m0/s1. The molecule has 1 atom stereocenters. The molecule has 10 heteroatoms. The zero-order valence-electron chi connectivity index (χ0n) is 18.4. The molecule has 2 aromatic carbocycles. The Morgan fingerprint density at radius 3 is 2.47 bits per heavy atom. The van der Waals surface area contributed by atoms with Crippen LogP contribution in [0, 0.1) is 0 Å². The first-order valence-corrected chi connectivity index (χ1v) is 11.7. The number of morpholine rings is 1. The largest absolute Gasteiger partial charge is 0.497 e. The van der Waals surface area contributed by atoms with Crippen molar-refractivity contribution in [2.24, 2.45) is 0 Å². The molecule has 1 N–H and O–H groups in total. The van der Waals surface area contributed by atoms with Crippen LogP contribution in [0.25, 0.3) is 0 Å². The van der Waals surface area contributed by atoms with Crippen molar-refractivity contribution in [2.45, 2.75) is 24.3 Å². The zero-order valence-corrected chi connectivity index (χ0v) is 19.2. The van der Waals surface area contributed by atoms with E-state index in [1.165, 1.54) is 23.5 Å². The van der Waals surface area contributed by atoms with Crippen LogP contribution in [0.5, 0.6) is 17.2 Å². The number of benzene rings is 2. The number of hydrogen-bond acceptors (Lipinski definition) is 7. The first-order chi connectivity index (χ1) is 15.4. The van der Waals surface area contributed by atoms with Gasteiger partial charge in [0.05, 0.1) is 27.4 Å². The van der Waals surface area contributed by atoms with E-state index in [1.807, 2.05) is 6.92 Å². The van der Waals surface area contributed by atoms with Crippen molar-refractivity contribution in [1.82, 2.24) is 4.31 Å². The van der Waals surface area contributed by atoms with Gasteiger partial charge in [0.2, 0.25) is 10.0 Å². The highest BCUT2D eigenvalue weighted by atomic mass is 32.2. The fourth-order valence-corrected chi connectivity index (χ4v) is 4.86. The molecule has 3 rings (SSSR count). The number of nitrogens with one attached hydrogen (secondary N) is 1. The van der Waals surface area contributed by atoms with Crippen LogP contribution < -0.4 is 19.5 Å². The minimum atomic E-state index is -3.81. The fourth-order valence-electron chi connectivity index (χ4n) is 3.27. The summed E-state index contributed by atoms with van der Waals surface area (Å²) >= 11 is 0. The highest BCUT2D eigenvalue weighted by molar-refractivity contribution is 7.89. The van der Waals surface area contributed by atoms with Gasteiger partial charge in [-0.1, -0.05) is 13.0 Å². The summed E-state index contributed by atoms with van der Waals surface area (Å²) in [6, 6.07) is 11.5. The van der Waals surface area contributed by atoms with E-state index in [0.717, 1.165) is 0 Å². The van der Waals surface area contributed by atoms with Gasteiger partial charge < -0.3 is 24.3 Å². The molecule has 0 unspecified atom stereocenters. The van der Waals surface area contributed by atoms with Crippen LogP contribution in [0.3, 0.4) is 0 Å². The summed E-state index contributed by atoms with van der Waals surface area (Å²) in [5, 5.41) is 2.75. The molecule has 1 aliphatic heterocycles. The Hall–Kier alpha value is -2.82. The van der Waals surface area contributed by atoms with Crippen LogP contribution in [-0.2, 0) is 19.6 Å². The lowest BCUT2D eigenvalue weighted by molar-refractivity contribution is -0.122. The first kappa shape index (κ1) is 23.8. The molecule has 1 fully saturated rings. The molecular weight excluding hydrogens is 436 g/mol. The second-order valence-corrected chi connectivity index (χ2v) is 8.97. The summed E-state index contributed by atoms with van der Waals surface area (Å²) < 4.78 is 49.1. The molecule has 1 heterocycles. The van der Waals surface area contributed by atoms with Gasteiger partial charge in [-0.05, 0) is 36.8 Å². The van der Waals surface area contributed by atoms with E-state index in [9.17, 15) is 13.2 Å². The minimum absolute atomic E-state index is 0.0125. The van der Waals surface area contributed by atoms with Crippen LogP contribution in [-0.4, -0.2) is 65.3 Å².